The fraction of sp³-hybridized carbons (Fsp3) is 0.400. The van der Waals surface area contributed by atoms with Gasteiger partial charge < -0.3 is 4.90 Å². The second-order valence-electron chi connectivity index (χ2n) is 6.73. The Morgan fingerprint density at radius 3 is 1.88 bits per heavy atom. The molecule has 0 amide bonds. The average molecular weight is 343 g/mol. The van der Waals surface area contributed by atoms with E-state index in [4.69, 9.17) is 0 Å². The van der Waals surface area contributed by atoms with Gasteiger partial charge in [-0.1, -0.05) is 35.4 Å². The monoisotopic (exact) mass is 342 g/mol. The topological polar surface area (TPSA) is 23.6 Å². The van der Waals surface area contributed by atoms with E-state index < -0.39 is 11.0 Å². The van der Waals surface area contributed by atoms with Crippen LogP contribution in [0.15, 0.2) is 41.3 Å². The van der Waals surface area contributed by atoms with E-state index in [1.165, 1.54) is 16.8 Å². The van der Waals surface area contributed by atoms with Gasteiger partial charge in [-0.15, -0.1) is 0 Å². The zero-order valence-corrected chi connectivity index (χ0v) is 15.8. The van der Waals surface area contributed by atoms with Gasteiger partial charge in [0.1, 0.15) is 11.0 Å². The molecule has 1 aliphatic rings. The van der Waals surface area contributed by atoms with Crippen LogP contribution in [0.1, 0.15) is 22.3 Å². The molecule has 0 bridgehead atoms. The third-order valence-corrected chi connectivity index (χ3v) is 6.48. The minimum absolute atomic E-state index is 0.827. The van der Waals surface area contributed by atoms with E-state index in [2.05, 4.69) is 73.3 Å². The number of hydrogen-bond acceptors (Lipinski definition) is 2. The van der Waals surface area contributed by atoms with Crippen molar-refractivity contribution in [3.8, 4) is 0 Å². The van der Waals surface area contributed by atoms with Crippen LogP contribution in [0.4, 0.5) is 5.69 Å². The van der Waals surface area contributed by atoms with Crippen LogP contribution in [0.3, 0.4) is 0 Å². The van der Waals surface area contributed by atoms with Gasteiger partial charge in [0.2, 0.25) is 0 Å². The summed E-state index contributed by atoms with van der Waals surface area (Å²) in [6.07, 6.45) is 0. The largest absolute Gasteiger partial charge is 0.369 e. The van der Waals surface area contributed by atoms with Crippen LogP contribution < -0.4 is 4.90 Å². The van der Waals surface area contributed by atoms with Crippen molar-refractivity contribution in [3.63, 3.8) is 0 Å². The highest BCUT2D eigenvalue weighted by Crippen LogP contribution is 2.24. The summed E-state index contributed by atoms with van der Waals surface area (Å²) >= 11 is 0. The summed E-state index contributed by atoms with van der Waals surface area (Å²) in [4.78, 5) is 3.37. The first-order valence-corrected chi connectivity index (χ1v) is 9.62. The molecule has 128 valence electrons. The predicted octanol–water partition coefficient (Wildman–Crippen LogP) is 3.77. The lowest BCUT2D eigenvalue weighted by Crippen LogP contribution is -2.47. The Labute approximate surface area is 147 Å². The Hall–Kier alpha value is -1.65. The van der Waals surface area contributed by atoms with Gasteiger partial charge in [-0.3, -0.25) is 0 Å². The molecule has 3 rings (SSSR count). The normalized spacial score (nSPS) is 17.1. The van der Waals surface area contributed by atoms with Gasteiger partial charge in [0, 0.05) is 31.9 Å². The lowest BCUT2D eigenvalue weighted by Gasteiger charge is -2.35. The number of benzene rings is 2. The summed E-state index contributed by atoms with van der Waals surface area (Å²) in [6.45, 7) is 11.8. The third kappa shape index (κ3) is 3.55. The van der Waals surface area contributed by atoms with Gasteiger partial charge in [0.25, 0.3) is 0 Å². The molecule has 0 N–H and O–H groups in total. The third-order valence-electron chi connectivity index (χ3n) is 4.65. The van der Waals surface area contributed by atoms with Crippen molar-refractivity contribution in [3.05, 3.63) is 58.7 Å². The van der Waals surface area contributed by atoms with Crippen molar-refractivity contribution < 1.29 is 4.21 Å². The van der Waals surface area contributed by atoms with Crippen LogP contribution >= 0.6 is 0 Å². The van der Waals surface area contributed by atoms with Crippen LogP contribution in [-0.4, -0.2) is 34.7 Å². The number of hydrogen-bond donors (Lipinski definition) is 0. The average Bonchev–Trinajstić information content (AvgIpc) is 2.54. The fourth-order valence-corrected chi connectivity index (χ4v) is 4.86. The standard InChI is InChI=1S/C20H26N2OS/c1-15-5-7-19(8-6-15)21-9-11-22(12-10-21)24(23)20-17(3)13-16(2)14-18(20)4/h5-8,13-14H,9-12H2,1-4H3. The van der Waals surface area contributed by atoms with Crippen LogP contribution in [0, 0.1) is 27.7 Å². The number of rotatable bonds is 3. The van der Waals surface area contributed by atoms with Crippen molar-refractivity contribution in [1.82, 2.24) is 4.31 Å². The Kier molecular flexibility index (Phi) is 5.07. The smallest absolute Gasteiger partial charge is 0.128 e. The first kappa shape index (κ1) is 17.2. The lowest BCUT2D eigenvalue weighted by molar-refractivity contribution is 0.410. The SMILES string of the molecule is Cc1ccc(N2CCN(S(=O)c3c(C)cc(C)cc3C)CC2)cc1. The summed E-state index contributed by atoms with van der Waals surface area (Å²) in [7, 11) is -1.07. The zero-order chi connectivity index (χ0) is 17.3. The quantitative estimate of drug-likeness (QED) is 0.848. The van der Waals surface area contributed by atoms with E-state index in [1.807, 2.05) is 0 Å². The Bertz CT molecular complexity index is 724. The Morgan fingerprint density at radius 1 is 0.792 bits per heavy atom. The molecule has 1 heterocycles. The van der Waals surface area contributed by atoms with Crippen LogP contribution in [0.5, 0.6) is 0 Å². The van der Waals surface area contributed by atoms with Crippen LogP contribution in [0.25, 0.3) is 0 Å². The van der Waals surface area contributed by atoms with Crippen molar-refractivity contribution >= 4 is 16.7 Å². The van der Waals surface area contributed by atoms with E-state index in [1.54, 1.807) is 0 Å². The van der Waals surface area contributed by atoms with Crippen molar-refractivity contribution in [2.45, 2.75) is 32.6 Å². The highest BCUT2D eigenvalue weighted by atomic mass is 32.2. The highest BCUT2D eigenvalue weighted by molar-refractivity contribution is 7.82. The van der Waals surface area contributed by atoms with Gasteiger partial charge >= 0.3 is 0 Å². The summed E-state index contributed by atoms with van der Waals surface area (Å²) in [5.41, 5.74) is 6.03. The lowest BCUT2D eigenvalue weighted by atomic mass is 10.1. The van der Waals surface area contributed by atoms with Gasteiger partial charge in [0.15, 0.2) is 0 Å². The molecule has 0 aliphatic carbocycles. The molecule has 2 aromatic carbocycles. The summed E-state index contributed by atoms with van der Waals surface area (Å²) < 4.78 is 15.2. The van der Waals surface area contributed by atoms with Gasteiger partial charge in [-0.05, 0) is 51.0 Å². The van der Waals surface area contributed by atoms with E-state index in [-0.39, 0.29) is 0 Å². The minimum atomic E-state index is -1.07. The molecule has 1 fully saturated rings. The molecule has 1 unspecified atom stereocenters. The molecule has 3 nitrogen and oxygen atoms in total. The fourth-order valence-electron chi connectivity index (χ4n) is 3.44. The summed E-state index contributed by atoms with van der Waals surface area (Å²) in [6, 6.07) is 12.9. The van der Waals surface area contributed by atoms with Crippen LogP contribution in [0.2, 0.25) is 0 Å². The molecule has 1 aliphatic heterocycles. The molecule has 0 spiro atoms. The number of anilines is 1. The first-order chi connectivity index (χ1) is 11.5. The second-order valence-corrected chi connectivity index (χ2v) is 8.15. The summed E-state index contributed by atoms with van der Waals surface area (Å²) in [5, 5.41) is 0. The van der Waals surface area contributed by atoms with Crippen molar-refractivity contribution in [2.24, 2.45) is 0 Å². The van der Waals surface area contributed by atoms with E-state index in [0.29, 0.717) is 0 Å². The first-order valence-electron chi connectivity index (χ1n) is 8.52. The molecule has 0 saturated carbocycles. The molecular weight excluding hydrogens is 316 g/mol. The van der Waals surface area contributed by atoms with Crippen molar-refractivity contribution in [2.75, 3.05) is 31.1 Å². The molecule has 0 aromatic heterocycles. The molecule has 1 atom stereocenters. The van der Waals surface area contributed by atoms with Gasteiger partial charge in [-0.2, -0.15) is 0 Å². The Morgan fingerprint density at radius 2 is 1.33 bits per heavy atom. The van der Waals surface area contributed by atoms with Crippen molar-refractivity contribution in [1.29, 1.82) is 0 Å². The van der Waals surface area contributed by atoms with Crippen LogP contribution in [-0.2, 0) is 11.0 Å². The molecule has 2 aromatic rings. The van der Waals surface area contributed by atoms with E-state index >= 15 is 0 Å². The molecular formula is C20H26N2OS. The number of piperazine rings is 1. The zero-order valence-electron chi connectivity index (χ0n) is 15.0. The molecule has 4 heteroatoms. The second kappa shape index (κ2) is 7.08. The molecule has 24 heavy (non-hydrogen) atoms. The maximum absolute atomic E-state index is 13.1. The molecule has 1 saturated heterocycles. The maximum atomic E-state index is 13.1. The predicted molar refractivity (Wildman–Crippen MR) is 102 cm³/mol. The maximum Gasteiger partial charge on any atom is 0.128 e. The van der Waals surface area contributed by atoms with E-state index in [0.717, 1.165) is 42.2 Å². The van der Waals surface area contributed by atoms with E-state index in [9.17, 15) is 4.21 Å². The minimum Gasteiger partial charge on any atom is -0.369 e. The number of aryl methyl sites for hydroxylation is 4. The Balaban J connectivity index is 1.70. The van der Waals surface area contributed by atoms with Gasteiger partial charge in [-0.25, -0.2) is 8.51 Å². The number of nitrogens with zero attached hydrogens (tertiary/aromatic N) is 2. The highest BCUT2D eigenvalue weighted by Gasteiger charge is 2.24. The van der Waals surface area contributed by atoms with Gasteiger partial charge in [0.05, 0.1) is 4.90 Å². The summed E-state index contributed by atoms with van der Waals surface area (Å²) in [5.74, 6) is 0. The molecule has 0 radical (unpaired) electrons.